The molecule has 2 aliphatic heterocycles. The highest BCUT2D eigenvalue weighted by molar-refractivity contribution is 7.99. The van der Waals surface area contributed by atoms with Crippen LogP contribution in [0.4, 0.5) is 11.4 Å². The number of Topliss-reactive ketones (excluding diaryl/α,β-unsaturated/α-hetero) is 1. The Bertz CT molecular complexity index is 2890. The molecular formula is C59H79N7O21S2. The summed E-state index contributed by atoms with van der Waals surface area (Å²) in [4.78, 5) is 123. The van der Waals surface area contributed by atoms with Gasteiger partial charge in [-0.2, -0.15) is 23.5 Å². The molecule has 0 bridgehead atoms. The molecule has 5 rings (SSSR count). The second-order valence-corrected chi connectivity index (χ2v) is 23.6. The quantitative estimate of drug-likeness (QED) is 0.0207. The number of carbonyl (C=O) groups excluding carboxylic acids is 9. The van der Waals surface area contributed by atoms with Gasteiger partial charge in [-0.05, 0) is 97.2 Å². The second kappa shape index (κ2) is 35.5. The molecule has 0 aliphatic carbocycles. The van der Waals surface area contributed by atoms with Crippen LogP contribution in [-0.2, 0) is 47.7 Å². The molecule has 30 heteroatoms. The molecule has 3 aromatic carbocycles. The predicted molar refractivity (Wildman–Crippen MR) is 324 cm³/mol. The minimum absolute atomic E-state index is 0.0396. The molecular weight excluding hydrogens is 1210 g/mol. The van der Waals surface area contributed by atoms with E-state index in [9.17, 15) is 83.7 Å². The lowest BCUT2D eigenvalue weighted by molar-refractivity contribution is -0.310. The van der Waals surface area contributed by atoms with Crippen LogP contribution in [0.5, 0.6) is 0 Å². The number of hydrogen-bond acceptors (Lipinski definition) is 22. The Balaban J connectivity index is 0.975. The Kier molecular flexibility index (Phi) is 29.0. The molecule has 0 radical (unpaired) electrons. The van der Waals surface area contributed by atoms with Gasteiger partial charge in [-0.3, -0.25) is 43.2 Å². The van der Waals surface area contributed by atoms with E-state index in [1.54, 1.807) is 12.1 Å². The second-order valence-electron chi connectivity index (χ2n) is 21.2. The Morgan fingerprint density at radius 1 is 0.562 bits per heavy atom. The van der Waals surface area contributed by atoms with Crippen molar-refractivity contribution in [2.75, 3.05) is 66.5 Å². The maximum absolute atomic E-state index is 13.0. The van der Waals surface area contributed by atoms with E-state index in [1.807, 2.05) is 0 Å². The summed E-state index contributed by atoms with van der Waals surface area (Å²) in [5, 5.41) is 94.5. The van der Waals surface area contributed by atoms with Gasteiger partial charge in [-0.1, -0.05) is 12.1 Å². The maximum Gasteiger partial charge on any atom is 0.364 e. The normalized spacial score (nSPS) is 22.8. The van der Waals surface area contributed by atoms with Crippen LogP contribution >= 0.6 is 23.5 Å². The molecule has 0 saturated carbocycles. The molecule has 89 heavy (non-hydrogen) atoms. The first-order chi connectivity index (χ1) is 42.3. The lowest BCUT2D eigenvalue weighted by Crippen LogP contribution is -2.68. The van der Waals surface area contributed by atoms with Gasteiger partial charge >= 0.3 is 5.97 Å². The summed E-state index contributed by atoms with van der Waals surface area (Å²) in [6.07, 6.45) is -13.0. The van der Waals surface area contributed by atoms with Crippen molar-refractivity contribution in [1.29, 1.82) is 0 Å². The van der Waals surface area contributed by atoms with Crippen LogP contribution in [0.3, 0.4) is 0 Å². The summed E-state index contributed by atoms with van der Waals surface area (Å²) < 4.78 is 23.3. The van der Waals surface area contributed by atoms with Crippen LogP contribution in [-0.4, -0.2) is 223 Å². The lowest BCUT2D eigenvalue weighted by Gasteiger charge is -2.46. The Labute approximate surface area is 521 Å². The van der Waals surface area contributed by atoms with Crippen LogP contribution in [0.15, 0.2) is 72.8 Å². The first-order valence-electron chi connectivity index (χ1n) is 28.6. The summed E-state index contributed by atoms with van der Waals surface area (Å²) in [5.41, 5.74) is 1.99. The van der Waals surface area contributed by atoms with Crippen molar-refractivity contribution in [3.8, 4) is 0 Å². The smallest absolute Gasteiger partial charge is 0.364 e. The fraction of sp³-hybridized carbons (Fsp3) is 0.525. The molecule has 2 fully saturated rings. The highest BCUT2D eigenvalue weighted by Crippen LogP contribution is 2.35. The Morgan fingerprint density at radius 3 is 1.44 bits per heavy atom. The molecule has 12 atom stereocenters. The number of thioether (sulfide) groups is 2. The third-order valence-electron chi connectivity index (χ3n) is 14.0. The van der Waals surface area contributed by atoms with Gasteiger partial charge in [-0.15, -0.1) is 0 Å². The highest BCUT2D eigenvalue weighted by Gasteiger charge is 2.56. The average Bonchev–Trinajstić information content (AvgIpc) is 0.984. The molecule has 0 unspecified atom stereocenters. The van der Waals surface area contributed by atoms with E-state index < -0.39 is 128 Å². The molecule has 0 spiro atoms. The zero-order valence-electron chi connectivity index (χ0n) is 49.5. The summed E-state index contributed by atoms with van der Waals surface area (Å²) >= 11 is 2.94. The van der Waals surface area contributed by atoms with E-state index in [1.165, 1.54) is 105 Å². The van der Waals surface area contributed by atoms with E-state index in [-0.39, 0.29) is 54.3 Å². The number of aliphatic hydroxyl groups is 6. The van der Waals surface area contributed by atoms with Gasteiger partial charge in [0.2, 0.25) is 29.4 Å². The number of carboxylic acids is 1. The van der Waals surface area contributed by atoms with Gasteiger partial charge < -0.3 is 91.9 Å². The average molecular weight is 1290 g/mol. The van der Waals surface area contributed by atoms with Crippen molar-refractivity contribution in [2.24, 2.45) is 0 Å². The van der Waals surface area contributed by atoms with Crippen molar-refractivity contribution in [3.05, 3.63) is 95.1 Å². The molecule has 14 N–H and O–H groups in total. The Morgan fingerprint density at radius 2 is 0.978 bits per heavy atom. The zero-order chi connectivity index (χ0) is 65.4. The monoisotopic (exact) mass is 1290 g/mol. The summed E-state index contributed by atoms with van der Waals surface area (Å²) in [6, 6.07) is 15.3. The number of aliphatic hydroxyl groups excluding tert-OH is 6. The molecule has 28 nitrogen and oxygen atoms in total. The first-order valence-corrected chi connectivity index (χ1v) is 30.9. The summed E-state index contributed by atoms with van der Waals surface area (Å²) in [7, 11) is 0. The van der Waals surface area contributed by atoms with Gasteiger partial charge in [0.15, 0.2) is 12.1 Å². The SMILES string of the molecule is CC(=O)Nc1ccc(C(=O)NC[C@@H](O)[C@@H](O)[C@@H]2O[C@](C=O)(OCCCSCCNC(=O)c3ccc(C(=O)CCCSCCCO[C@]4(C(=O)O)C[C@H](O)[C@@H](NC(C)=O)[C@H]([C@H](O)[C@@H](O)CNC(=O)c5ccc(NC(C)=O)cc5)O4)cc3)C[C@H](O)[C@H]2NC(C)=O)cc1. The Hall–Kier alpha value is -6.94. The number of carboxylic acid groups (broad SMARTS) is 1. The standard InChI is InChI=1S/C59H79N7O21S2/c1-33(68)63-41-17-13-39(14-18-41)55(80)61-30-46(75)50(77)52-48(65-35(3)70)44(73)28-58(32-67,86-52)84-22-6-26-89-27-21-60-54(79)38-11-9-37(10-12-38)43(72)8-5-24-88-25-7-23-85-59(57(82)83)29-45(74)49(66-36(4)71)53(87-59)51(78)47(76)31-62-56(81)40-15-19-42(20-16-40)64-34(2)69/h9-20,32,44-53,73-78H,5-8,21-31H2,1-4H3,(H,60,79)(H,61,80)(H,62,81)(H,63,68)(H,64,69)(H,65,70)(H,66,71)(H,82,83)/t44-,45-,46+,47-,48+,49+,50+,51+,52+,53+,58+,59+/m0/s1. The van der Waals surface area contributed by atoms with E-state index in [4.69, 9.17) is 18.9 Å². The number of aliphatic carboxylic acids is 1. The molecule has 2 aliphatic rings. The molecule has 2 saturated heterocycles. The van der Waals surface area contributed by atoms with Crippen molar-refractivity contribution < 1.29 is 103 Å². The van der Waals surface area contributed by atoms with Crippen LogP contribution < -0.4 is 37.2 Å². The highest BCUT2D eigenvalue weighted by atomic mass is 32.2. The molecule has 2 heterocycles. The summed E-state index contributed by atoms with van der Waals surface area (Å²) in [6.45, 7) is 3.99. The van der Waals surface area contributed by atoms with E-state index in [0.717, 1.165) is 6.92 Å². The minimum Gasteiger partial charge on any atom is -0.477 e. The number of rotatable bonds is 35. The van der Waals surface area contributed by atoms with E-state index >= 15 is 0 Å². The lowest BCUT2D eigenvalue weighted by atomic mass is 9.88. The van der Waals surface area contributed by atoms with E-state index in [2.05, 4.69) is 37.2 Å². The molecule has 488 valence electrons. The first kappa shape index (κ1) is 72.8. The number of amides is 7. The van der Waals surface area contributed by atoms with Crippen molar-refractivity contribution >= 4 is 94.3 Å². The van der Waals surface area contributed by atoms with Gasteiger partial charge in [-0.25, -0.2) is 4.79 Å². The largest absolute Gasteiger partial charge is 0.477 e. The number of anilines is 2. The zero-order valence-corrected chi connectivity index (χ0v) is 51.2. The topological polar surface area (TPSA) is 433 Å². The third kappa shape index (κ3) is 22.5. The predicted octanol–water partition coefficient (Wildman–Crippen LogP) is -0.135. The van der Waals surface area contributed by atoms with E-state index in [0.29, 0.717) is 77.6 Å². The van der Waals surface area contributed by atoms with Crippen LogP contribution in [0.25, 0.3) is 0 Å². The van der Waals surface area contributed by atoms with Gasteiger partial charge in [0.25, 0.3) is 23.5 Å². The number of hydrogen-bond donors (Lipinski definition) is 14. The van der Waals surface area contributed by atoms with Gasteiger partial charge in [0, 0.05) is 106 Å². The number of ketones is 1. The van der Waals surface area contributed by atoms with Crippen molar-refractivity contribution in [2.45, 2.75) is 139 Å². The number of benzene rings is 3. The number of nitrogens with one attached hydrogen (secondary N) is 7. The number of aldehydes is 1. The molecule has 3 aromatic rings. The van der Waals surface area contributed by atoms with Gasteiger partial charge in [0.1, 0.15) is 24.4 Å². The number of carbonyl (C=O) groups is 10. The van der Waals surface area contributed by atoms with Crippen molar-refractivity contribution in [3.63, 3.8) is 0 Å². The van der Waals surface area contributed by atoms with Gasteiger partial charge in [0.05, 0.1) is 49.7 Å². The van der Waals surface area contributed by atoms with Crippen LogP contribution in [0.1, 0.15) is 108 Å². The van der Waals surface area contributed by atoms with Crippen LogP contribution in [0.2, 0.25) is 0 Å². The third-order valence-corrected chi connectivity index (χ3v) is 16.2. The molecule has 0 aromatic heterocycles. The number of ether oxygens (including phenoxy) is 4. The maximum atomic E-state index is 13.0. The minimum atomic E-state index is -2.49. The molecule has 7 amide bonds. The fourth-order valence-electron chi connectivity index (χ4n) is 9.57. The van der Waals surface area contributed by atoms with Crippen LogP contribution in [0, 0.1) is 0 Å². The van der Waals surface area contributed by atoms with Crippen molar-refractivity contribution in [1.82, 2.24) is 26.6 Å². The summed E-state index contributed by atoms with van der Waals surface area (Å²) in [5.74, 6) is -7.77. The fourth-order valence-corrected chi connectivity index (χ4v) is 11.2.